The van der Waals surface area contributed by atoms with Gasteiger partial charge < -0.3 is 20.3 Å². The highest BCUT2D eigenvalue weighted by Crippen LogP contribution is 2.29. The molecule has 0 radical (unpaired) electrons. The molecule has 7 heteroatoms. The number of hydrogen-bond donors (Lipinski definition) is 2. The van der Waals surface area contributed by atoms with Crippen LogP contribution in [0.4, 0.5) is 15.8 Å². The highest BCUT2D eigenvalue weighted by molar-refractivity contribution is 6.02. The van der Waals surface area contributed by atoms with E-state index < -0.39 is 0 Å². The van der Waals surface area contributed by atoms with Crippen molar-refractivity contribution in [1.82, 2.24) is 5.32 Å². The average Bonchev–Trinajstić information content (AvgIpc) is 2.89. The predicted molar refractivity (Wildman–Crippen MR) is 139 cm³/mol. The van der Waals surface area contributed by atoms with Crippen LogP contribution < -0.4 is 15.5 Å². The molecule has 4 rings (SSSR count). The number of ether oxygens (including phenoxy) is 1. The maximum Gasteiger partial charge on any atom is 0.253 e. The highest BCUT2D eigenvalue weighted by Gasteiger charge is 2.22. The van der Waals surface area contributed by atoms with Crippen molar-refractivity contribution in [2.45, 2.75) is 32.9 Å². The van der Waals surface area contributed by atoms with Gasteiger partial charge in [-0.05, 0) is 60.2 Å². The van der Waals surface area contributed by atoms with Crippen molar-refractivity contribution >= 4 is 23.2 Å². The maximum atomic E-state index is 13.2. The molecular weight excluding hydrogens is 457 g/mol. The summed E-state index contributed by atoms with van der Waals surface area (Å²) < 4.78 is 18.7. The molecular formula is C29H32FN3O3. The van der Waals surface area contributed by atoms with E-state index in [1.807, 2.05) is 42.5 Å². The van der Waals surface area contributed by atoms with Crippen molar-refractivity contribution in [3.05, 3.63) is 95.3 Å². The van der Waals surface area contributed by atoms with E-state index in [4.69, 9.17) is 4.74 Å². The molecule has 1 aliphatic rings. The fourth-order valence-electron chi connectivity index (χ4n) is 4.23. The first kappa shape index (κ1) is 25.4. The molecule has 2 N–H and O–H groups in total. The fraction of sp³-hybridized carbons (Fsp3) is 0.310. The number of halogens is 1. The standard InChI is InChI=1S/C29H32FN3O3/c1-21-13-15-33(16-14-21)27-12-11-25(32-28(34)20-36-19-23-5-3-2-4-6-23)17-26(27)29(35)31-18-22-7-9-24(30)10-8-22/h2-12,17,21H,13-16,18-20H2,1H3,(H,31,35)(H,32,34). The van der Waals surface area contributed by atoms with Gasteiger partial charge in [-0.1, -0.05) is 49.4 Å². The Bertz CT molecular complexity index is 1160. The van der Waals surface area contributed by atoms with Gasteiger partial charge in [-0.15, -0.1) is 0 Å². The van der Waals surface area contributed by atoms with E-state index in [1.165, 1.54) is 12.1 Å². The van der Waals surface area contributed by atoms with E-state index in [-0.39, 0.29) is 30.8 Å². The SMILES string of the molecule is CC1CCN(c2ccc(NC(=O)COCc3ccccc3)cc2C(=O)NCc2ccc(F)cc2)CC1. The number of nitrogens with zero attached hydrogens (tertiary/aromatic N) is 1. The van der Waals surface area contributed by atoms with Crippen LogP contribution >= 0.6 is 0 Å². The molecule has 3 aromatic carbocycles. The van der Waals surface area contributed by atoms with E-state index in [2.05, 4.69) is 22.5 Å². The highest BCUT2D eigenvalue weighted by atomic mass is 19.1. The van der Waals surface area contributed by atoms with Gasteiger partial charge in [-0.3, -0.25) is 9.59 Å². The fourth-order valence-corrected chi connectivity index (χ4v) is 4.23. The molecule has 2 amide bonds. The Hall–Kier alpha value is -3.71. The van der Waals surface area contributed by atoms with Crippen LogP contribution in [-0.4, -0.2) is 31.5 Å². The number of rotatable bonds is 9. The zero-order valence-electron chi connectivity index (χ0n) is 20.5. The number of benzene rings is 3. The lowest BCUT2D eigenvalue weighted by Gasteiger charge is -2.33. The second kappa shape index (κ2) is 12.3. The lowest BCUT2D eigenvalue weighted by molar-refractivity contribution is -0.121. The van der Waals surface area contributed by atoms with Gasteiger partial charge in [0.15, 0.2) is 0 Å². The zero-order chi connectivity index (χ0) is 25.3. The monoisotopic (exact) mass is 489 g/mol. The molecule has 0 aromatic heterocycles. The molecule has 6 nitrogen and oxygen atoms in total. The molecule has 0 saturated carbocycles. The van der Waals surface area contributed by atoms with Gasteiger partial charge in [0, 0.05) is 31.0 Å². The molecule has 36 heavy (non-hydrogen) atoms. The summed E-state index contributed by atoms with van der Waals surface area (Å²) in [6.45, 7) is 4.52. The lowest BCUT2D eigenvalue weighted by Crippen LogP contribution is -2.35. The van der Waals surface area contributed by atoms with Crippen LogP contribution in [0.5, 0.6) is 0 Å². The molecule has 3 aromatic rings. The smallest absolute Gasteiger partial charge is 0.253 e. The van der Waals surface area contributed by atoms with Gasteiger partial charge in [-0.2, -0.15) is 0 Å². The van der Waals surface area contributed by atoms with E-state index in [0.717, 1.165) is 42.7 Å². The predicted octanol–water partition coefficient (Wildman–Crippen LogP) is 5.15. The third-order valence-electron chi connectivity index (χ3n) is 6.36. The summed E-state index contributed by atoms with van der Waals surface area (Å²) in [4.78, 5) is 27.9. The summed E-state index contributed by atoms with van der Waals surface area (Å²) in [6, 6.07) is 21.1. The largest absolute Gasteiger partial charge is 0.371 e. The van der Waals surface area contributed by atoms with Gasteiger partial charge in [-0.25, -0.2) is 4.39 Å². The number of piperidine rings is 1. The Morgan fingerprint density at radius 1 is 0.972 bits per heavy atom. The first-order valence-corrected chi connectivity index (χ1v) is 12.3. The number of carbonyl (C=O) groups is 2. The lowest BCUT2D eigenvalue weighted by atomic mass is 9.97. The number of amides is 2. The Balaban J connectivity index is 1.43. The summed E-state index contributed by atoms with van der Waals surface area (Å²) in [5.74, 6) is -0.193. The van der Waals surface area contributed by atoms with Gasteiger partial charge in [0.1, 0.15) is 12.4 Å². The van der Waals surface area contributed by atoms with E-state index in [0.29, 0.717) is 23.8 Å². The van der Waals surface area contributed by atoms with E-state index in [1.54, 1.807) is 18.2 Å². The summed E-state index contributed by atoms with van der Waals surface area (Å²) in [5.41, 5.74) is 3.67. The van der Waals surface area contributed by atoms with E-state index >= 15 is 0 Å². The Kier molecular flexibility index (Phi) is 8.68. The maximum absolute atomic E-state index is 13.2. The van der Waals surface area contributed by atoms with Crippen molar-refractivity contribution in [2.24, 2.45) is 5.92 Å². The third-order valence-corrected chi connectivity index (χ3v) is 6.36. The normalized spacial score (nSPS) is 13.9. The molecule has 1 aliphatic heterocycles. The minimum Gasteiger partial charge on any atom is -0.371 e. The molecule has 0 atom stereocenters. The molecule has 1 saturated heterocycles. The molecule has 0 unspecified atom stereocenters. The second-order valence-electron chi connectivity index (χ2n) is 9.24. The molecule has 0 spiro atoms. The summed E-state index contributed by atoms with van der Waals surface area (Å²) in [5, 5.41) is 5.77. The van der Waals surface area contributed by atoms with Crippen LogP contribution in [0.1, 0.15) is 41.3 Å². The average molecular weight is 490 g/mol. The molecule has 1 heterocycles. The molecule has 0 bridgehead atoms. The molecule has 188 valence electrons. The number of carbonyl (C=O) groups excluding carboxylic acids is 2. The van der Waals surface area contributed by atoms with Gasteiger partial charge >= 0.3 is 0 Å². The molecule has 1 fully saturated rings. The minimum atomic E-state index is -0.317. The first-order chi connectivity index (χ1) is 17.5. The zero-order valence-corrected chi connectivity index (χ0v) is 20.5. The topological polar surface area (TPSA) is 70.7 Å². The number of hydrogen-bond acceptors (Lipinski definition) is 4. The van der Waals surface area contributed by atoms with Gasteiger partial charge in [0.25, 0.3) is 5.91 Å². The summed E-state index contributed by atoms with van der Waals surface area (Å²) in [7, 11) is 0. The van der Waals surface area contributed by atoms with E-state index in [9.17, 15) is 14.0 Å². The van der Waals surface area contributed by atoms with Crippen LogP contribution in [0.3, 0.4) is 0 Å². The van der Waals surface area contributed by atoms with Crippen molar-refractivity contribution in [2.75, 3.05) is 29.9 Å². The van der Waals surface area contributed by atoms with Crippen molar-refractivity contribution in [3.63, 3.8) is 0 Å². The van der Waals surface area contributed by atoms with Crippen LogP contribution in [0.25, 0.3) is 0 Å². The Labute approximate surface area is 211 Å². The van der Waals surface area contributed by atoms with Gasteiger partial charge in [0.2, 0.25) is 5.91 Å². The minimum absolute atomic E-state index is 0.0905. The third kappa shape index (κ3) is 7.15. The molecule has 0 aliphatic carbocycles. The Morgan fingerprint density at radius 2 is 1.69 bits per heavy atom. The Morgan fingerprint density at radius 3 is 2.42 bits per heavy atom. The summed E-state index contributed by atoms with van der Waals surface area (Å²) >= 11 is 0. The number of anilines is 2. The van der Waals surface area contributed by atoms with Crippen molar-refractivity contribution in [3.8, 4) is 0 Å². The van der Waals surface area contributed by atoms with Crippen LogP contribution in [0.15, 0.2) is 72.8 Å². The van der Waals surface area contributed by atoms with Crippen LogP contribution in [0.2, 0.25) is 0 Å². The number of nitrogens with one attached hydrogen (secondary N) is 2. The van der Waals surface area contributed by atoms with Gasteiger partial charge in [0.05, 0.1) is 12.2 Å². The van der Waals surface area contributed by atoms with Crippen LogP contribution in [0, 0.1) is 11.7 Å². The quantitative estimate of drug-likeness (QED) is 0.436. The summed E-state index contributed by atoms with van der Waals surface area (Å²) in [6.07, 6.45) is 2.13. The van der Waals surface area contributed by atoms with Crippen molar-refractivity contribution < 1.29 is 18.7 Å². The first-order valence-electron chi connectivity index (χ1n) is 12.3. The van der Waals surface area contributed by atoms with Crippen LogP contribution in [-0.2, 0) is 22.7 Å². The van der Waals surface area contributed by atoms with Crippen molar-refractivity contribution in [1.29, 1.82) is 0 Å². The second-order valence-corrected chi connectivity index (χ2v) is 9.24.